The van der Waals surface area contributed by atoms with Crippen LogP contribution in [0.3, 0.4) is 0 Å². The Morgan fingerprint density at radius 2 is 2.26 bits per heavy atom. The van der Waals surface area contributed by atoms with Crippen LogP contribution in [0.1, 0.15) is 15.2 Å². The van der Waals surface area contributed by atoms with Gasteiger partial charge >= 0.3 is 0 Å². The lowest BCUT2D eigenvalue weighted by Crippen LogP contribution is -2.41. The Morgan fingerprint density at radius 1 is 1.48 bits per heavy atom. The summed E-state index contributed by atoms with van der Waals surface area (Å²) in [6.45, 7) is 0.238. The molecular formula is C18H17BrClFN4OS. The fourth-order valence-electron chi connectivity index (χ4n) is 2.75. The minimum Gasteiger partial charge on any atom is -0.347 e. The number of halogens is 3. The zero-order chi connectivity index (χ0) is 19.6. The van der Waals surface area contributed by atoms with E-state index in [0.717, 1.165) is 21.3 Å². The molecule has 0 aliphatic rings. The molecule has 3 N–H and O–H groups in total. The normalized spacial score (nSPS) is 12.2. The molecule has 0 aliphatic heterocycles. The Morgan fingerprint density at radius 3 is 2.89 bits per heavy atom. The van der Waals surface area contributed by atoms with Crippen LogP contribution in [0.15, 0.2) is 41.0 Å². The quantitative estimate of drug-likeness (QED) is 0.571. The summed E-state index contributed by atoms with van der Waals surface area (Å²) in [5.41, 5.74) is 8.09. The summed E-state index contributed by atoms with van der Waals surface area (Å²) >= 11 is 11.0. The number of rotatable bonds is 6. The third-order valence-corrected chi connectivity index (χ3v) is 5.99. The number of nitrogens with one attached hydrogen (secondary N) is 1. The second-order valence-electron chi connectivity index (χ2n) is 6.00. The Bertz CT molecular complexity index is 955. The minimum absolute atomic E-state index is 0.238. The fraction of sp³-hybridized carbons (Fsp3) is 0.222. The first-order valence-electron chi connectivity index (χ1n) is 8.11. The molecule has 27 heavy (non-hydrogen) atoms. The van der Waals surface area contributed by atoms with Gasteiger partial charge in [0.2, 0.25) is 0 Å². The molecule has 1 amide bonds. The number of nitrogens with two attached hydrogens (primary N) is 1. The first kappa shape index (κ1) is 20.0. The highest BCUT2D eigenvalue weighted by atomic mass is 79.9. The van der Waals surface area contributed by atoms with E-state index in [1.807, 2.05) is 0 Å². The highest BCUT2D eigenvalue weighted by Gasteiger charge is 2.21. The van der Waals surface area contributed by atoms with E-state index in [4.69, 9.17) is 17.3 Å². The van der Waals surface area contributed by atoms with Crippen LogP contribution in [0.2, 0.25) is 4.34 Å². The van der Waals surface area contributed by atoms with Crippen molar-refractivity contribution in [1.82, 2.24) is 15.1 Å². The maximum atomic E-state index is 13.4. The van der Waals surface area contributed by atoms with Gasteiger partial charge in [-0.25, -0.2) is 4.39 Å². The van der Waals surface area contributed by atoms with Crippen molar-refractivity contribution in [3.8, 4) is 11.3 Å². The fourth-order valence-corrected chi connectivity index (χ4v) is 4.50. The first-order valence-corrected chi connectivity index (χ1v) is 10.1. The molecule has 0 fully saturated rings. The van der Waals surface area contributed by atoms with Crippen LogP contribution in [0.4, 0.5) is 4.39 Å². The van der Waals surface area contributed by atoms with Crippen LogP contribution in [-0.4, -0.2) is 28.3 Å². The van der Waals surface area contributed by atoms with Crippen molar-refractivity contribution in [3.05, 3.63) is 61.6 Å². The summed E-state index contributed by atoms with van der Waals surface area (Å²) in [6.07, 6.45) is 2.12. The van der Waals surface area contributed by atoms with E-state index < -0.39 is 0 Å². The smallest absolute Gasteiger partial charge is 0.261 e. The average molecular weight is 472 g/mol. The molecule has 0 saturated carbocycles. The Kier molecular flexibility index (Phi) is 6.31. The number of aryl methyl sites for hydroxylation is 1. The predicted octanol–water partition coefficient (Wildman–Crippen LogP) is 4.00. The molecular weight excluding hydrogens is 455 g/mol. The van der Waals surface area contributed by atoms with Crippen LogP contribution in [-0.2, 0) is 13.5 Å². The second-order valence-corrected chi connectivity index (χ2v) is 8.51. The topological polar surface area (TPSA) is 72.9 Å². The van der Waals surface area contributed by atoms with Gasteiger partial charge in [-0.2, -0.15) is 5.10 Å². The number of aromatic nitrogens is 2. The van der Waals surface area contributed by atoms with Gasteiger partial charge in [0.05, 0.1) is 21.2 Å². The summed E-state index contributed by atoms with van der Waals surface area (Å²) in [4.78, 5) is 13.1. The van der Waals surface area contributed by atoms with Crippen molar-refractivity contribution in [2.45, 2.75) is 12.5 Å². The van der Waals surface area contributed by atoms with Gasteiger partial charge in [-0.15, -0.1) is 11.3 Å². The SMILES string of the molecule is Cn1ncc(Br)c1-c1cc(C(=O)N[C@H](CN)Cc2cccc(F)c2)sc1Cl. The van der Waals surface area contributed by atoms with Gasteiger partial charge in [0, 0.05) is 25.2 Å². The van der Waals surface area contributed by atoms with Crippen molar-refractivity contribution < 1.29 is 9.18 Å². The Balaban J connectivity index is 1.76. The lowest BCUT2D eigenvalue weighted by molar-refractivity contribution is 0.0942. The summed E-state index contributed by atoms with van der Waals surface area (Å²) < 4.78 is 16.3. The van der Waals surface area contributed by atoms with E-state index in [0.29, 0.717) is 15.6 Å². The molecule has 1 atom stereocenters. The average Bonchev–Trinajstić information content (AvgIpc) is 3.16. The van der Waals surface area contributed by atoms with Gasteiger partial charge in [0.15, 0.2) is 0 Å². The maximum Gasteiger partial charge on any atom is 0.261 e. The van der Waals surface area contributed by atoms with Crippen molar-refractivity contribution in [2.24, 2.45) is 12.8 Å². The molecule has 0 bridgehead atoms. The third kappa shape index (κ3) is 4.57. The minimum atomic E-state index is -0.314. The van der Waals surface area contributed by atoms with E-state index in [-0.39, 0.29) is 24.3 Å². The Labute approximate surface area is 173 Å². The zero-order valence-electron chi connectivity index (χ0n) is 14.4. The van der Waals surface area contributed by atoms with E-state index in [1.54, 1.807) is 36.1 Å². The third-order valence-electron chi connectivity index (χ3n) is 4.05. The second kappa shape index (κ2) is 8.52. The largest absolute Gasteiger partial charge is 0.347 e. The molecule has 9 heteroatoms. The molecule has 142 valence electrons. The highest BCUT2D eigenvalue weighted by molar-refractivity contribution is 9.10. The summed E-state index contributed by atoms with van der Waals surface area (Å²) in [6, 6.07) is 7.68. The predicted molar refractivity (Wildman–Crippen MR) is 110 cm³/mol. The number of carbonyl (C=O) groups is 1. The van der Waals surface area contributed by atoms with Crippen molar-refractivity contribution in [3.63, 3.8) is 0 Å². The van der Waals surface area contributed by atoms with Crippen molar-refractivity contribution in [2.75, 3.05) is 6.54 Å². The summed E-state index contributed by atoms with van der Waals surface area (Å²) in [5.74, 6) is -0.579. The van der Waals surface area contributed by atoms with Gasteiger partial charge in [-0.3, -0.25) is 9.48 Å². The Hall–Kier alpha value is -1.74. The maximum absolute atomic E-state index is 13.4. The molecule has 0 radical (unpaired) electrons. The molecule has 1 aromatic carbocycles. The molecule has 0 aliphatic carbocycles. The number of carbonyl (C=O) groups excluding carboxylic acids is 1. The zero-order valence-corrected chi connectivity index (χ0v) is 17.5. The standard InChI is InChI=1S/C18H17BrClFN4OS/c1-25-16(14(19)9-23-25)13-7-15(27-17(13)20)18(26)24-12(8-22)6-10-3-2-4-11(21)5-10/h2-5,7,9,12H,6,8,22H2,1H3,(H,24,26)/t12-/m0/s1. The molecule has 5 nitrogen and oxygen atoms in total. The number of benzene rings is 1. The van der Waals surface area contributed by atoms with Crippen molar-refractivity contribution >= 4 is 44.8 Å². The lowest BCUT2D eigenvalue weighted by Gasteiger charge is -2.16. The molecule has 2 aromatic heterocycles. The molecule has 3 rings (SSSR count). The lowest BCUT2D eigenvalue weighted by atomic mass is 10.1. The molecule has 0 spiro atoms. The van der Waals surface area contributed by atoms with Crippen LogP contribution in [0, 0.1) is 5.82 Å². The van der Waals surface area contributed by atoms with Gasteiger partial charge in [-0.05, 0) is 46.1 Å². The number of hydrogen-bond donors (Lipinski definition) is 2. The van der Waals surface area contributed by atoms with Gasteiger partial charge in [0.1, 0.15) is 10.2 Å². The summed E-state index contributed by atoms with van der Waals surface area (Å²) in [7, 11) is 1.80. The van der Waals surface area contributed by atoms with Gasteiger partial charge in [-0.1, -0.05) is 23.7 Å². The molecule has 3 aromatic rings. The molecule has 0 saturated heterocycles. The van der Waals surface area contributed by atoms with E-state index in [2.05, 4.69) is 26.3 Å². The number of thiophene rings is 1. The van der Waals surface area contributed by atoms with Crippen LogP contribution in [0.25, 0.3) is 11.3 Å². The monoisotopic (exact) mass is 470 g/mol. The van der Waals surface area contributed by atoms with Crippen molar-refractivity contribution in [1.29, 1.82) is 0 Å². The van der Waals surface area contributed by atoms with Crippen LogP contribution >= 0.6 is 38.9 Å². The van der Waals surface area contributed by atoms with Crippen LogP contribution < -0.4 is 11.1 Å². The number of hydrogen-bond acceptors (Lipinski definition) is 4. The number of nitrogens with zero attached hydrogens (tertiary/aromatic N) is 2. The van der Waals surface area contributed by atoms with Gasteiger partial charge in [0.25, 0.3) is 5.91 Å². The van der Waals surface area contributed by atoms with E-state index >= 15 is 0 Å². The molecule has 2 heterocycles. The van der Waals surface area contributed by atoms with E-state index in [9.17, 15) is 9.18 Å². The van der Waals surface area contributed by atoms with Crippen LogP contribution in [0.5, 0.6) is 0 Å². The van der Waals surface area contributed by atoms with E-state index in [1.165, 1.54) is 23.5 Å². The number of amides is 1. The first-order chi connectivity index (χ1) is 12.9. The highest BCUT2D eigenvalue weighted by Crippen LogP contribution is 2.38. The van der Waals surface area contributed by atoms with Gasteiger partial charge < -0.3 is 11.1 Å². The summed E-state index contributed by atoms with van der Waals surface area (Å²) in [5, 5.41) is 7.07. The molecule has 0 unspecified atom stereocenters.